The summed E-state index contributed by atoms with van der Waals surface area (Å²) in [7, 11) is 0. The number of amides is 5. The average molecular weight is 722 g/mol. The number of carboxylic acids is 3. The van der Waals surface area contributed by atoms with Crippen LogP contribution in [0.5, 0.6) is 0 Å². The Kier molecular flexibility index (Phi) is 26.9. The number of ether oxygens (including phenoxy) is 4. The molecule has 0 radical (unpaired) electrons. The number of carbonyl (C=O) groups excluding carboxylic acids is 5. The molecule has 0 aliphatic rings. The van der Waals surface area contributed by atoms with Crippen LogP contribution >= 0.6 is 0 Å². The molecule has 2 unspecified atom stereocenters. The van der Waals surface area contributed by atoms with E-state index in [9.17, 15) is 43.5 Å². The highest BCUT2D eigenvalue weighted by Crippen LogP contribution is 2.06. The SMILES string of the molecule is NC(=O)CCC(NC(=O)COCCOCCNC(=O)COCCOCCNC(=O)CCC(NC(=O)CCCCCCC(=O)O)C(=O)O)C(=O)O. The number of carboxylic acid groups (broad SMARTS) is 3. The summed E-state index contributed by atoms with van der Waals surface area (Å²) >= 11 is 0. The van der Waals surface area contributed by atoms with E-state index in [0.717, 1.165) is 0 Å². The van der Waals surface area contributed by atoms with Crippen molar-refractivity contribution in [1.29, 1.82) is 0 Å². The molecule has 0 aromatic heterocycles. The van der Waals surface area contributed by atoms with Crippen molar-refractivity contribution in [2.24, 2.45) is 5.73 Å². The Morgan fingerprint density at radius 2 is 0.960 bits per heavy atom. The molecule has 50 heavy (non-hydrogen) atoms. The van der Waals surface area contributed by atoms with E-state index in [-0.39, 0.29) is 104 Å². The van der Waals surface area contributed by atoms with Crippen LogP contribution in [0.3, 0.4) is 0 Å². The van der Waals surface area contributed by atoms with E-state index in [1.807, 2.05) is 0 Å². The number of carbonyl (C=O) groups is 8. The van der Waals surface area contributed by atoms with Crippen LogP contribution < -0.4 is 27.0 Å². The van der Waals surface area contributed by atoms with Gasteiger partial charge in [0.15, 0.2) is 0 Å². The summed E-state index contributed by atoms with van der Waals surface area (Å²) in [5.41, 5.74) is 4.98. The van der Waals surface area contributed by atoms with Gasteiger partial charge in [-0.2, -0.15) is 0 Å². The normalized spacial score (nSPS) is 11.9. The topological polar surface area (TPSA) is 308 Å². The molecule has 0 heterocycles. The van der Waals surface area contributed by atoms with Crippen molar-refractivity contribution in [2.75, 3.05) is 65.9 Å². The van der Waals surface area contributed by atoms with Gasteiger partial charge in [-0.3, -0.25) is 28.8 Å². The van der Waals surface area contributed by atoms with Crippen LogP contribution in [0.15, 0.2) is 0 Å². The quantitative estimate of drug-likeness (QED) is 0.0337. The highest BCUT2D eigenvalue weighted by molar-refractivity contribution is 5.85. The van der Waals surface area contributed by atoms with Crippen LogP contribution in [-0.4, -0.2) is 141 Å². The Labute approximate surface area is 289 Å². The lowest BCUT2D eigenvalue weighted by Crippen LogP contribution is -2.43. The van der Waals surface area contributed by atoms with Crippen molar-refractivity contribution in [1.82, 2.24) is 21.3 Å². The van der Waals surface area contributed by atoms with Crippen LogP contribution in [0.4, 0.5) is 0 Å². The zero-order valence-corrected chi connectivity index (χ0v) is 28.1. The van der Waals surface area contributed by atoms with Crippen molar-refractivity contribution in [2.45, 2.75) is 76.3 Å². The van der Waals surface area contributed by atoms with Gasteiger partial charge in [-0.15, -0.1) is 0 Å². The maximum atomic E-state index is 12.0. The number of unbranched alkanes of at least 4 members (excludes halogenated alkanes) is 3. The van der Waals surface area contributed by atoms with Gasteiger partial charge in [0.05, 0.1) is 39.6 Å². The molecule has 0 saturated carbocycles. The van der Waals surface area contributed by atoms with Crippen molar-refractivity contribution in [3.05, 3.63) is 0 Å². The molecule has 286 valence electrons. The Balaban J connectivity index is 3.76. The zero-order chi connectivity index (χ0) is 37.6. The number of hydrogen-bond acceptors (Lipinski definition) is 12. The van der Waals surface area contributed by atoms with E-state index in [4.69, 9.17) is 34.9 Å². The fourth-order valence-electron chi connectivity index (χ4n) is 3.93. The van der Waals surface area contributed by atoms with Gasteiger partial charge in [0.2, 0.25) is 29.5 Å². The maximum Gasteiger partial charge on any atom is 0.326 e. The lowest BCUT2D eigenvalue weighted by molar-refractivity contribution is -0.143. The summed E-state index contributed by atoms with van der Waals surface area (Å²) < 4.78 is 20.9. The number of aliphatic carboxylic acids is 3. The minimum Gasteiger partial charge on any atom is -0.481 e. The van der Waals surface area contributed by atoms with Crippen LogP contribution in [-0.2, 0) is 57.3 Å². The minimum atomic E-state index is -1.30. The third kappa shape index (κ3) is 28.6. The molecule has 5 amide bonds. The van der Waals surface area contributed by atoms with E-state index < -0.39 is 60.2 Å². The van der Waals surface area contributed by atoms with E-state index >= 15 is 0 Å². The second-order valence-corrected chi connectivity index (χ2v) is 10.8. The lowest BCUT2D eigenvalue weighted by atomic mass is 10.1. The Morgan fingerprint density at radius 1 is 0.500 bits per heavy atom. The molecular formula is C30H51N5O15. The zero-order valence-electron chi connectivity index (χ0n) is 28.1. The lowest BCUT2D eigenvalue weighted by Gasteiger charge is -2.14. The van der Waals surface area contributed by atoms with Crippen LogP contribution in [0, 0.1) is 0 Å². The average Bonchev–Trinajstić information content (AvgIpc) is 3.04. The summed E-state index contributed by atoms with van der Waals surface area (Å²) in [5, 5.41) is 36.8. The summed E-state index contributed by atoms with van der Waals surface area (Å²) in [5.74, 6) is -6.03. The largest absolute Gasteiger partial charge is 0.481 e. The smallest absolute Gasteiger partial charge is 0.326 e. The Morgan fingerprint density at radius 3 is 1.48 bits per heavy atom. The molecule has 0 aliphatic heterocycles. The Hall–Kier alpha value is -4.40. The first-order valence-electron chi connectivity index (χ1n) is 16.2. The molecule has 0 rings (SSSR count). The summed E-state index contributed by atoms with van der Waals surface area (Å²) in [6, 6.07) is -2.47. The minimum absolute atomic E-state index is 0.0415. The number of nitrogens with two attached hydrogens (primary N) is 1. The van der Waals surface area contributed by atoms with Gasteiger partial charge in [-0.05, 0) is 25.7 Å². The van der Waals surface area contributed by atoms with Gasteiger partial charge in [-0.25, -0.2) is 9.59 Å². The molecule has 0 spiro atoms. The first kappa shape index (κ1) is 45.6. The fourth-order valence-corrected chi connectivity index (χ4v) is 3.93. The van der Waals surface area contributed by atoms with E-state index in [0.29, 0.717) is 25.7 Å². The van der Waals surface area contributed by atoms with Gasteiger partial charge in [0.25, 0.3) is 0 Å². The highest BCUT2D eigenvalue weighted by Gasteiger charge is 2.21. The third-order valence-electron chi connectivity index (χ3n) is 6.50. The standard InChI is InChI=1S/C30H51N5O15/c31-23(36)9-7-21(29(43)44)35-27(40)20-50-18-16-48-14-12-33-26(39)19-49-17-15-47-13-11-32-24(37)10-8-22(30(45)46)34-25(38)5-3-1-2-4-6-28(41)42/h21-22H,1-20H2,(H2,31,36)(H,32,37)(H,33,39)(H,34,38)(H,35,40)(H,41,42)(H,43,44)(H,45,46). The molecule has 0 saturated heterocycles. The molecule has 9 N–H and O–H groups in total. The van der Waals surface area contributed by atoms with Gasteiger partial charge < -0.3 is 61.3 Å². The van der Waals surface area contributed by atoms with E-state index in [1.165, 1.54) is 0 Å². The molecule has 0 aromatic carbocycles. The predicted molar refractivity (Wildman–Crippen MR) is 171 cm³/mol. The molecule has 20 nitrogen and oxygen atoms in total. The molecule has 0 aliphatic carbocycles. The summed E-state index contributed by atoms with van der Waals surface area (Å²) in [6.07, 6.45) is 1.95. The number of nitrogens with one attached hydrogen (secondary N) is 4. The number of hydrogen-bond donors (Lipinski definition) is 8. The molecule has 0 aromatic rings. The first-order chi connectivity index (χ1) is 23.8. The third-order valence-corrected chi connectivity index (χ3v) is 6.50. The second-order valence-electron chi connectivity index (χ2n) is 10.8. The van der Waals surface area contributed by atoms with Crippen LogP contribution in [0.1, 0.15) is 64.2 Å². The van der Waals surface area contributed by atoms with E-state index in [2.05, 4.69) is 21.3 Å². The maximum absolute atomic E-state index is 12.0. The molecule has 2 atom stereocenters. The molecule has 0 bridgehead atoms. The van der Waals surface area contributed by atoms with E-state index in [1.54, 1.807) is 0 Å². The van der Waals surface area contributed by atoms with Gasteiger partial charge in [0.1, 0.15) is 25.3 Å². The van der Waals surface area contributed by atoms with Gasteiger partial charge in [0, 0.05) is 38.8 Å². The fraction of sp³-hybridized carbons (Fsp3) is 0.733. The van der Waals surface area contributed by atoms with Crippen molar-refractivity contribution < 1.29 is 72.6 Å². The summed E-state index contributed by atoms with van der Waals surface area (Å²) in [6.45, 7) is 0.462. The molecule has 20 heteroatoms. The number of rotatable bonds is 33. The monoisotopic (exact) mass is 721 g/mol. The molecule has 0 fully saturated rings. The second kappa shape index (κ2) is 29.5. The van der Waals surface area contributed by atoms with Crippen molar-refractivity contribution >= 4 is 47.4 Å². The van der Waals surface area contributed by atoms with Crippen LogP contribution in [0.25, 0.3) is 0 Å². The van der Waals surface area contributed by atoms with Gasteiger partial charge >= 0.3 is 17.9 Å². The van der Waals surface area contributed by atoms with Crippen molar-refractivity contribution in [3.8, 4) is 0 Å². The van der Waals surface area contributed by atoms with Gasteiger partial charge in [-0.1, -0.05) is 12.8 Å². The van der Waals surface area contributed by atoms with Crippen LogP contribution in [0.2, 0.25) is 0 Å². The highest BCUT2D eigenvalue weighted by atomic mass is 16.5. The van der Waals surface area contributed by atoms with Crippen molar-refractivity contribution in [3.63, 3.8) is 0 Å². The Bertz CT molecular complexity index is 1080. The molecular weight excluding hydrogens is 670 g/mol. The predicted octanol–water partition coefficient (Wildman–Crippen LogP) is -2.11. The summed E-state index contributed by atoms with van der Waals surface area (Å²) in [4.78, 5) is 91.4. The number of primary amides is 1. The first-order valence-corrected chi connectivity index (χ1v) is 16.2.